The van der Waals surface area contributed by atoms with Crippen LogP contribution in [0.25, 0.3) is 11.1 Å². The van der Waals surface area contributed by atoms with Crippen molar-refractivity contribution >= 4 is 34.2 Å². The zero-order valence-corrected chi connectivity index (χ0v) is 16.4. The molecule has 0 fully saturated rings. The van der Waals surface area contributed by atoms with Crippen LogP contribution in [0.4, 0.5) is 5.00 Å². The minimum atomic E-state index is -0.996. The van der Waals surface area contributed by atoms with E-state index < -0.39 is 29.7 Å². The molecule has 0 radical (unpaired) electrons. The summed E-state index contributed by atoms with van der Waals surface area (Å²) in [6.07, 6.45) is 4.27. The average molecular weight is 399 g/mol. The average Bonchev–Trinajstić information content (AvgIpc) is 3.11. The lowest BCUT2D eigenvalue weighted by Crippen LogP contribution is -2.34. The highest BCUT2D eigenvalue weighted by molar-refractivity contribution is 7.15. The maximum atomic E-state index is 12.8. The minimum absolute atomic E-state index is 0.280. The van der Waals surface area contributed by atoms with Gasteiger partial charge in [0.25, 0.3) is 0 Å². The first kappa shape index (κ1) is 19.8. The second-order valence-corrected chi connectivity index (χ2v) is 7.57. The molecule has 0 saturated heterocycles. The van der Waals surface area contributed by atoms with Crippen molar-refractivity contribution in [2.24, 2.45) is 11.8 Å². The lowest BCUT2D eigenvalue weighted by Gasteiger charge is -2.24. The number of rotatable bonds is 5. The SMILES string of the molecule is COC(=O)c1c(-c2ccc(C)cc2)csc1NC(=O)[C@H]1CC=CC[C@H]1C(=O)O. The van der Waals surface area contributed by atoms with E-state index in [1.54, 1.807) is 11.5 Å². The zero-order valence-electron chi connectivity index (χ0n) is 15.6. The van der Waals surface area contributed by atoms with Crippen molar-refractivity contribution in [2.45, 2.75) is 19.8 Å². The monoisotopic (exact) mass is 399 g/mol. The number of carboxylic acids is 1. The molecule has 0 bridgehead atoms. The van der Waals surface area contributed by atoms with Crippen molar-refractivity contribution in [1.29, 1.82) is 0 Å². The number of hydrogen-bond donors (Lipinski definition) is 2. The van der Waals surface area contributed by atoms with Crippen molar-refractivity contribution in [1.82, 2.24) is 0 Å². The van der Waals surface area contributed by atoms with Crippen LogP contribution in [0.15, 0.2) is 41.8 Å². The number of carboxylic acid groups (broad SMARTS) is 1. The van der Waals surface area contributed by atoms with E-state index in [-0.39, 0.29) is 5.56 Å². The van der Waals surface area contributed by atoms with E-state index in [1.807, 2.05) is 37.3 Å². The van der Waals surface area contributed by atoms with E-state index in [1.165, 1.54) is 18.4 Å². The van der Waals surface area contributed by atoms with Crippen LogP contribution in [0.3, 0.4) is 0 Å². The van der Waals surface area contributed by atoms with Crippen LogP contribution < -0.4 is 5.32 Å². The Kier molecular flexibility index (Phi) is 5.94. The van der Waals surface area contributed by atoms with Crippen LogP contribution in [0.5, 0.6) is 0 Å². The number of methoxy groups -OCH3 is 1. The van der Waals surface area contributed by atoms with Crippen molar-refractivity contribution in [3.8, 4) is 11.1 Å². The van der Waals surface area contributed by atoms with Gasteiger partial charge in [0.05, 0.1) is 18.9 Å². The Bertz CT molecular complexity index is 929. The van der Waals surface area contributed by atoms with E-state index >= 15 is 0 Å². The number of nitrogens with one attached hydrogen (secondary N) is 1. The van der Waals surface area contributed by atoms with Crippen LogP contribution in [-0.4, -0.2) is 30.1 Å². The molecule has 2 atom stereocenters. The predicted molar refractivity (Wildman–Crippen MR) is 107 cm³/mol. The summed E-state index contributed by atoms with van der Waals surface area (Å²) in [6, 6.07) is 7.69. The molecule has 0 unspecified atom stereocenters. The van der Waals surface area contributed by atoms with Gasteiger partial charge >= 0.3 is 11.9 Å². The summed E-state index contributed by atoms with van der Waals surface area (Å²) >= 11 is 1.22. The van der Waals surface area contributed by atoms with E-state index in [4.69, 9.17) is 4.74 Å². The van der Waals surface area contributed by atoms with E-state index in [2.05, 4.69) is 5.32 Å². The molecule has 2 aromatic rings. The third kappa shape index (κ3) is 3.99. The number of ether oxygens (including phenoxy) is 1. The van der Waals surface area contributed by atoms with Crippen molar-refractivity contribution < 1.29 is 24.2 Å². The quantitative estimate of drug-likeness (QED) is 0.583. The Morgan fingerprint density at radius 2 is 1.75 bits per heavy atom. The van der Waals surface area contributed by atoms with Crippen LogP contribution in [0.2, 0.25) is 0 Å². The molecule has 0 spiro atoms. The van der Waals surface area contributed by atoms with Gasteiger partial charge in [-0.05, 0) is 25.3 Å². The van der Waals surface area contributed by atoms with Gasteiger partial charge in [0, 0.05) is 10.9 Å². The fourth-order valence-corrected chi connectivity index (χ4v) is 4.24. The molecular formula is C21H21NO5S. The molecule has 146 valence electrons. The number of aliphatic carboxylic acids is 1. The largest absolute Gasteiger partial charge is 0.481 e. The standard InChI is InChI=1S/C21H21NO5S/c1-12-7-9-13(10-8-12)16-11-28-19(17(16)21(26)27-2)22-18(23)14-5-3-4-6-15(14)20(24)25/h3-4,7-11,14-15H,5-6H2,1-2H3,(H,22,23)(H,24,25)/t14-,15+/m0/s1. The molecule has 6 nitrogen and oxygen atoms in total. The van der Waals surface area contributed by atoms with E-state index in [9.17, 15) is 19.5 Å². The van der Waals surface area contributed by atoms with E-state index in [0.717, 1.165) is 11.1 Å². The molecule has 0 saturated carbocycles. The number of allylic oxidation sites excluding steroid dienone is 2. The number of benzene rings is 1. The zero-order chi connectivity index (χ0) is 20.3. The van der Waals surface area contributed by atoms with Crippen molar-refractivity contribution in [3.05, 3.63) is 52.9 Å². The van der Waals surface area contributed by atoms with Crippen LogP contribution in [-0.2, 0) is 14.3 Å². The number of thiophene rings is 1. The Balaban J connectivity index is 1.92. The van der Waals surface area contributed by atoms with Gasteiger partial charge in [-0.2, -0.15) is 0 Å². The van der Waals surface area contributed by atoms with Gasteiger partial charge in [0.2, 0.25) is 5.91 Å². The van der Waals surface area contributed by atoms with Gasteiger partial charge in [0.1, 0.15) is 10.6 Å². The number of esters is 1. The summed E-state index contributed by atoms with van der Waals surface area (Å²) in [5, 5.41) is 14.3. The first-order valence-corrected chi connectivity index (χ1v) is 9.75. The highest BCUT2D eigenvalue weighted by Crippen LogP contribution is 2.37. The highest BCUT2D eigenvalue weighted by Gasteiger charge is 2.35. The van der Waals surface area contributed by atoms with Crippen molar-refractivity contribution in [3.63, 3.8) is 0 Å². The molecule has 1 amide bonds. The summed E-state index contributed by atoms with van der Waals surface area (Å²) in [7, 11) is 1.29. The Hall–Kier alpha value is -2.93. The molecular weight excluding hydrogens is 378 g/mol. The lowest BCUT2D eigenvalue weighted by molar-refractivity contribution is -0.146. The van der Waals surface area contributed by atoms with Gasteiger partial charge in [-0.15, -0.1) is 11.3 Å². The van der Waals surface area contributed by atoms with Crippen LogP contribution in [0, 0.1) is 18.8 Å². The number of carbonyl (C=O) groups is 3. The molecule has 1 aromatic carbocycles. The fraction of sp³-hybridized carbons (Fsp3) is 0.286. The molecule has 0 aliphatic heterocycles. The normalized spacial score (nSPS) is 18.5. The molecule has 2 N–H and O–H groups in total. The van der Waals surface area contributed by atoms with Gasteiger partial charge in [-0.1, -0.05) is 42.0 Å². The number of carbonyl (C=O) groups excluding carboxylic acids is 2. The van der Waals surface area contributed by atoms with Crippen molar-refractivity contribution in [2.75, 3.05) is 12.4 Å². The van der Waals surface area contributed by atoms with Gasteiger partial charge in [-0.3, -0.25) is 9.59 Å². The summed E-state index contributed by atoms with van der Waals surface area (Å²) in [5.74, 6) is -3.41. The first-order chi connectivity index (χ1) is 13.4. The third-order valence-electron chi connectivity index (χ3n) is 4.87. The maximum Gasteiger partial charge on any atom is 0.341 e. The van der Waals surface area contributed by atoms with Crippen LogP contribution >= 0.6 is 11.3 Å². The number of amides is 1. The molecule has 1 aromatic heterocycles. The molecule has 1 aliphatic carbocycles. The van der Waals surface area contributed by atoms with Gasteiger partial charge < -0.3 is 15.2 Å². The van der Waals surface area contributed by atoms with Crippen LogP contribution in [0.1, 0.15) is 28.8 Å². The summed E-state index contributed by atoms with van der Waals surface area (Å²) in [5.41, 5.74) is 2.89. The minimum Gasteiger partial charge on any atom is -0.481 e. The second kappa shape index (κ2) is 8.39. The topological polar surface area (TPSA) is 92.7 Å². The molecule has 3 rings (SSSR count). The third-order valence-corrected chi connectivity index (χ3v) is 5.76. The number of aryl methyl sites for hydroxylation is 1. The Morgan fingerprint density at radius 3 is 2.36 bits per heavy atom. The van der Waals surface area contributed by atoms with E-state index in [0.29, 0.717) is 23.4 Å². The lowest BCUT2D eigenvalue weighted by atomic mass is 9.82. The maximum absolute atomic E-state index is 12.8. The Morgan fingerprint density at radius 1 is 1.11 bits per heavy atom. The summed E-state index contributed by atoms with van der Waals surface area (Å²) in [4.78, 5) is 36.7. The highest BCUT2D eigenvalue weighted by atomic mass is 32.1. The predicted octanol–water partition coefficient (Wildman–Crippen LogP) is 4.12. The Labute approximate surface area is 166 Å². The molecule has 1 aliphatic rings. The molecule has 1 heterocycles. The smallest absolute Gasteiger partial charge is 0.341 e. The number of anilines is 1. The van der Waals surface area contributed by atoms with Gasteiger partial charge in [0.15, 0.2) is 0 Å². The number of hydrogen-bond acceptors (Lipinski definition) is 5. The summed E-state index contributed by atoms with van der Waals surface area (Å²) in [6.45, 7) is 1.97. The molecule has 28 heavy (non-hydrogen) atoms. The first-order valence-electron chi connectivity index (χ1n) is 8.88. The summed E-state index contributed by atoms with van der Waals surface area (Å²) < 4.78 is 4.92. The molecule has 7 heteroatoms. The second-order valence-electron chi connectivity index (χ2n) is 6.69. The van der Waals surface area contributed by atoms with Gasteiger partial charge in [-0.25, -0.2) is 4.79 Å². The fourth-order valence-electron chi connectivity index (χ4n) is 3.28.